The first-order chi connectivity index (χ1) is 34.5. The minimum Gasteiger partial charge on any atom is -0.456 e. The maximum absolute atomic E-state index is 6.91. The van der Waals surface area contributed by atoms with Gasteiger partial charge < -0.3 is 14.2 Å². The fourth-order valence-corrected chi connectivity index (χ4v) is 10.6. The number of hydrogen-bond donors (Lipinski definition) is 0. The maximum atomic E-state index is 6.91. The molecule has 0 aliphatic rings. The standard InChI is InChI=1S/C68H62N2O/c1-43(2)47-25-31-55(32-26-47)69(67-59(45(5)6)21-15-23-61(67)49-17-11-9-12-18-49)57-35-29-51-39-63-64-40-52-30-36-58(38-54(52)42-66(64)71-65(63)41-53(51)37-57)70(56-33-27-48(28-34-56)44(3)4)68-60(46(7)8)22-16-24-62(68)50-19-13-10-14-20-50/h9-46H,1-8H3. The monoisotopic (exact) mass is 922 g/mol. The van der Waals surface area contributed by atoms with Gasteiger partial charge in [0, 0.05) is 44.6 Å². The van der Waals surface area contributed by atoms with Crippen molar-refractivity contribution < 1.29 is 4.42 Å². The van der Waals surface area contributed by atoms with Crippen molar-refractivity contribution in [3.63, 3.8) is 0 Å². The van der Waals surface area contributed by atoms with Crippen molar-refractivity contribution in [3.05, 3.63) is 229 Å². The van der Waals surface area contributed by atoms with Crippen LogP contribution in [0.2, 0.25) is 0 Å². The average Bonchev–Trinajstić information content (AvgIpc) is 3.73. The lowest BCUT2D eigenvalue weighted by Gasteiger charge is -2.31. The molecule has 0 aliphatic heterocycles. The van der Waals surface area contributed by atoms with E-state index in [1.807, 2.05) is 0 Å². The molecular formula is C68H62N2O. The van der Waals surface area contributed by atoms with Gasteiger partial charge >= 0.3 is 0 Å². The molecule has 0 radical (unpaired) electrons. The normalized spacial score (nSPS) is 11.9. The molecule has 1 aromatic heterocycles. The van der Waals surface area contributed by atoms with Crippen molar-refractivity contribution in [2.45, 2.75) is 79.1 Å². The fourth-order valence-electron chi connectivity index (χ4n) is 10.6. The van der Waals surface area contributed by atoms with E-state index in [1.54, 1.807) is 0 Å². The highest BCUT2D eigenvalue weighted by Gasteiger charge is 2.25. The van der Waals surface area contributed by atoms with E-state index in [0.717, 1.165) is 55.5 Å². The van der Waals surface area contributed by atoms with Crippen LogP contribution in [-0.2, 0) is 0 Å². The molecule has 11 rings (SSSR count). The van der Waals surface area contributed by atoms with E-state index < -0.39 is 0 Å². The first-order valence-corrected chi connectivity index (χ1v) is 25.5. The number of rotatable bonds is 12. The van der Waals surface area contributed by atoms with Crippen molar-refractivity contribution in [1.82, 2.24) is 0 Å². The minimum absolute atomic E-state index is 0.301. The minimum atomic E-state index is 0.301. The smallest absolute Gasteiger partial charge is 0.136 e. The number of benzene rings is 10. The topological polar surface area (TPSA) is 19.6 Å². The second-order valence-corrected chi connectivity index (χ2v) is 20.6. The molecule has 0 fully saturated rings. The lowest BCUT2D eigenvalue weighted by molar-refractivity contribution is 0.670. The molecule has 0 saturated carbocycles. The van der Waals surface area contributed by atoms with Crippen molar-refractivity contribution >= 4 is 77.6 Å². The summed E-state index contributed by atoms with van der Waals surface area (Å²) in [6, 6.07) is 76.4. The van der Waals surface area contributed by atoms with Crippen LogP contribution in [0.5, 0.6) is 0 Å². The van der Waals surface area contributed by atoms with Gasteiger partial charge in [-0.25, -0.2) is 0 Å². The number of anilines is 6. The third-order valence-electron chi connectivity index (χ3n) is 14.5. The predicted octanol–water partition coefficient (Wildman–Crippen LogP) is 20.7. The molecule has 0 saturated heterocycles. The Morgan fingerprint density at radius 1 is 0.310 bits per heavy atom. The predicted molar refractivity (Wildman–Crippen MR) is 305 cm³/mol. The zero-order valence-corrected chi connectivity index (χ0v) is 42.2. The maximum Gasteiger partial charge on any atom is 0.136 e. The Kier molecular flexibility index (Phi) is 12.1. The summed E-state index contributed by atoms with van der Waals surface area (Å²) in [5.41, 5.74) is 18.7. The molecule has 0 aliphatic carbocycles. The first kappa shape index (κ1) is 45.6. The van der Waals surface area contributed by atoms with Gasteiger partial charge in [0.2, 0.25) is 0 Å². The summed E-state index contributed by atoms with van der Waals surface area (Å²) in [6.07, 6.45) is 0. The fraction of sp³-hybridized carbons (Fsp3) is 0.176. The number of furan rings is 1. The molecule has 350 valence electrons. The Balaban J connectivity index is 1.06. The van der Waals surface area contributed by atoms with Crippen LogP contribution in [0.25, 0.3) is 65.7 Å². The summed E-state index contributed by atoms with van der Waals surface area (Å²) < 4.78 is 6.91. The van der Waals surface area contributed by atoms with E-state index in [-0.39, 0.29) is 0 Å². The van der Waals surface area contributed by atoms with Crippen molar-refractivity contribution in [2.24, 2.45) is 0 Å². The largest absolute Gasteiger partial charge is 0.456 e. The van der Waals surface area contributed by atoms with Gasteiger partial charge in [0.05, 0.1) is 11.4 Å². The molecule has 0 spiro atoms. The highest BCUT2D eigenvalue weighted by molar-refractivity contribution is 6.14. The molecule has 1 heterocycles. The van der Waals surface area contributed by atoms with Crippen LogP contribution in [0.4, 0.5) is 34.1 Å². The second kappa shape index (κ2) is 18.8. The molecule has 11 aromatic rings. The van der Waals surface area contributed by atoms with Gasteiger partial charge in [-0.1, -0.05) is 189 Å². The van der Waals surface area contributed by atoms with Crippen LogP contribution in [0, 0.1) is 0 Å². The summed E-state index contributed by atoms with van der Waals surface area (Å²) in [5.74, 6) is 1.48. The number of hydrogen-bond acceptors (Lipinski definition) is 3. The van der Waals surface area contributed by atoms with Gasteiger partial charge in [-0.05, 0) is 151 Å². The van der Waals surface area contributed by atoms with Gasteiger partial charge in [-0.15, -0.1) is 0 Å². The Labute approximate surface area is 419 Å². The Morgan fingerprint density at radius 3 is 1.06 bits per heavy atom. The number of nitrogens with zero attached hydrogens (tertiary/aromatic N) is 2. The molecule has 3 nitrogen and oxygen atoms in total. The lowest BCUT2D eigenvalue weighted by atomic mass is 9.92. The van der Waals surface area contributed by atoms with E-state index >= 15 is 0 Å². The lowest BCUT2D eigenvalue weighted by Crippen LogP contribution is -2.14. The molecule has 0 N–H and O–H groups in total. The molecule has 71 heavy (non-hydrogen) atoms. The van der Waals surface area contributed by atoms with Crippen LogP contribution in [0.1, 0.15) is 101 Å². The van der Waals surface area contributed by atoms with Gasteiger partial charge in [0.25, 0.3) is 0 Å². The summed E-state index contributed by atoms with van der Waals surface area (Å²) >= 11 is 0. The molecule has 0 amide bonds. The summed E-state index contributed by atoms with van der Waals surface area (Å²) in [7, 11) is 0. The highest BCUT2D eigenvalue weighted by Crippen LogP contribution is 2.49. The summed E-state index contributed by atoms with van der Waals surface area (Å²) in [4.78, 5) is 4.94. The van der Waals surface area contributed by atoms with Crippen LogP contribution in [-0.4, -0.2) is 0 Å². The molecule has 0 unspecified atom stereocenters. The van der Waals surface area contributed by atoms with E-state index in [4.69, 9.17) is 4.42 Å². The van der Waals surface area contributed by atoms with Crippen LogP contribution < -0.4 is 9.80 Å². The summed E-state index contributed by atoms with van der Waals surface area (Å²) in [5, 5.41) is 6.85. The summed E-state index contributed by atoms with van der Waals surface area (Å²) in [6.45, 7) is 18.2. The van der Waals surface area contributed by atoms with Crippen molar-refractivity contribution in [1.29, 1.82) is 0 Å². The number of para-hydroxylation sites is 2. The third-order valence-corrected chi connectivity index (χ3v) is 14.5. The Morgan fingerprint density at radius 2 is 0.690 bits per heavy atom. The van der Waals surface area contributed by atoms with Crippen LogP contribution >= 0.6 is 0 Å². The van der Waals surface area contributed by atoms with Gasteiger partial charge in [0.1, 0.15) is 11.2 Å². The molecule has 0 bridgehead atoms. The Hall–Kier alpha value is -7.88. The van der Waals surface area contributed by atoms with Crippen molar-refractivity contribution in [2.75, 3.05) is 9.80 Å². The highest BCUT2D eigenvalue weighted by atomic mass is 16.3. The molecular weight excluding hydrogens is 861 g/mol. The first-order valence-electron chi connectivity index (χ1n) is 25.5. The van der Waals surface area contributed by atoms with E-state index in [0.29, 0.717) is 23.7 Å². The van der Waals surface area contributed by atoms with Crippen LogP contribution in [0.15, 0.2) is 211 Å². The molecule has 3 heteroatoms. The van der Waals surface area contributed by atoms with Crippen LogP contribution in [0.3, 0.4) is 0 Å². The Bertz CT molecular complexity index is 3450. The second-order valence-electron chi connectivity index (χ2n) is 20.6. The molecule has 0 atom stereocenters. The van der Waals surface area contributed by atoms with E-state index in [1.165, 1.54) is 66.7 Å². The van der Waals surface area contributed by atoms with Gasteiger partial charge in [-0.3, -0.25) is 0 Å². The van der Waals surface area contributed by atoms with Gasteiger partial charge in [-0.2, -0.15) is 0 Å². The zero-order valence-electron chi connectivity index (χ0n) is 42.2. The van der Waals surface area contributed by atoms with Crippen molar-refractivity contribution in [3.8, 4) is 22.3 Å². The molecule has 10 aromatic carbocycles. The number of fused-ring (bicyclic) bond motifs is 5. The van der Waals surface area contributed by atoms with E-state index in [2.05, 4.69) is 271 Å². The quantitative estimate of drug-likeness (QED) is 0.122. The average molecular weight is 923 g/mol. The van der Waals surface area contributed by atoms with E-state index in [9.17, 15) is 0 Å². The zero-order chi connectivity index (χ0) is 48.9. The van der Waals surface area contributed by atoms with Gasteiger partial charge in [0.15, 0.2) is 0 Å². The SMILES string of the molecule is CC(C)c1ccc(N(c2ccc3cc4c(cc3c2)oc2cc3cc(N(c5ccc(C(C)C)cc5)c5c(-c6ccccc6)cccc5C(C)C)ccc3cc24)c2c(-c3ccccc3)cccc2C(C)C)cc1. The third kappa shape index (κ3) is 8.54.